The molecule has 0 aliphatic carbocycles. The zero-order valence-corrected chi connectivity index (χ0v) is 17.5. The molecule has 2 aliphatic heterocycles. The number of nitrogens with zero attached hydrogens (tertiary/aromatic N) is 2. The molecule has 3 aromatic rings. The van der Waals surface area contributed by atoms with Crippen molar-refractivity contribution in [2.45, 2.75) is 0 Å². The van der Waals surface area contributed by atoms with E-state index in [0.29, 0.717) is 54.1 Å². The Morgan fingerprint density at radius 2 is 1.53 bits per heavy atom. The van der Waals surface area contributed by atoms with Gasteiger partial charge in [-0.1, -0.05) is 28.1 Å². The van der Waals surface area contributed by atoms with Crippen molar-refractivity contribution in [1.29, 1.82) is 0 Å². The van der Waals surface area contributed by atoms with E-state index in [9.17, 15) is 14.4 Å². The van der Waals surface area contributed by atoms with Crippen LogP contribution in [-0.4, -0.2) is 48.9 Å². The maximum absolute atomic E-state index is 13.2. The summed E-state index contributed by atoms with van der Waals surface area (Å²) in [5.74, 6) is -0.826. The monoisotopic (exact) mass is 464 g/mol. The molecule has 30 heavy (non-hydrogen) atoms. The van der Waals surface area contributed by atoms with Crippen LogP contribution < -0.4 is 4.90 Å². The molecular weight excluding hydrogens is 448 g/mol. The molecule has 3 amide bonds. The number of morpholine rings is 1. The number of amides is 3. The highest BCUT2D eigenvalue weighted by atomic mass is 79.9. The molecule has 0 saturated carbocycles. The standard InChI is InChI=1S/C23H17BrN2O4/c24-19-9-8-18-20-16(19)2-1-3-17(20)22(28)26(23(18)29)15-6-4-14(5-7-15)21(27)25-10-12-30-13-11-25/h1-9H,10-13H2. The predicted molar refractivity (Wildman–Crippen MR) is 116 cm³/mol. The summed E-state index contributed by atoms with van der Waals surface area (Å²) in [5, 5.41) is 1.50. The highest BCUT2D eigenvalue weighted by molar-refractivity contribution is 9.10. The van der Waals surface area contributed by atoms with Crippen molar-refractivity contribution >= 4 is 50.1 Å². The van der Waals surface area contributed by atoms with Crippen LogP contribution in [0.3, 0.4) is 0 Å². The van der Waals surface area contributed by atoms with Crippen LogP contribution in [0, 0.1) is 0 Å². The fourth-order valence-corrected chi connectivity index (χ4v) is 4.46. The Hall–Kier alpha value is -3.03. The molecule has 0 radical (unpaired) electrons. The number of carbonyl (C=O) groups excluding carboxylic acids is 3. The first-order valence-corrected chi connectivity index (χ1v) is 10.4. The average molecular weight is 465 g/mol. The smallest absolute Gasteiger partial charge is 0.265 e. The van der Waals surface area contributed by atoms with Gasteiger partial charge in [0, 0.05) is 39.6 Å². The van der Waals surface area contributed by atoms with Crippen LogP contribution >= 0.6 is 15.9 Å². The summed E-state index contributed by atoms with van der Waals surface area (Å²) in [6.07, 6.45) is 0. The van der Waals surface area contributed by atoms with Crippen LogP contribution in [0.2, 0.25) is 0 Å². The Bertz CT molecular complexity index is 1180. The van der Waals surface area contributed by atoms with Crippen molar-refractivity contribution in [1.82, 2.24) is 4.90 Å². The van der Waals surface area contributed by atoms with Crippen molar-refractivity contribution in [3.63, 3.8) is 0 Å². The second-order valence-corrected chi connectivity index (χ2v) is 8.07. The summed E-state index contributed by atoms with van der Waals surface area (Å²) in [6.45, 7) is 2.17. The molecule has 1 saturated heterocycles. The third-order valence-electron chi connectivity index (χ3n) is 5.53. The lowest BCUT2D eigenvalue weighted by molar-refractivity contribution is 0.0303. The molecule has 0 spiro atoms. The fraction of sp³-hybridized carbons (Fsp3) is 0.174. The van der Waals surface area contributed by atoms with Crippen LogP contribution in [0.4, 0.5) is 5.69 Å². The number of hydrogen-bond acceptors (Lipinski definition) is 4. The Labute approximate surface area is 181 Å². The minimum atomic E-state index is -0.372. The molecule has 0 unspecified atom stereocenters. The van der Waals surface area contributed by atoms with E-state index in [0.717, 1.165) is 9.86 Å². The van der Waals surface area contributed by atoms with Gasteiger partial charge in [-0.15, -0.1) is 0 Å². The Morgan fingerprint density at radius 3 is 2.23 bits per heavy atom. The molecule has 7 heteroatoms. The molecule has 150 valence electrons. The molecule has 0 bridgehead atoms. The Balaban J connectivity index is 1.50. The minimum Gasteiger partial charge on any atom is -0.378 e. The van der Waals surface area contributed by atoms with Crippen LogP contribution in [-0.2, 0) is 4.74 Å². The SMILES string of the molecule is O=C(c1ccc(N2C(=O)c3cccc4c(Br)ccc(c34)C2=O)cc1)N1CCOCC1. The van der Waals surface area contributed by atoms with Gasteiger partial charge in [0.25, 0.3) is 17.7 Å². The Kier molecular flexibility index (Phi) is 4.64. The van der Waals surface area contributed by atoms with Gasteiger partial charge in [0.2, 0.25) is 0 Å². The average Bonchev–Trinajstić information content (AvgIpc) is 2.79. The van der Waals surface area contributed by atoms with Gasteiger partial charge >= 0.3 is 0 Å². The van der Waals surface area contributed by atoms with Crippen molar-refractivity contribution in [2.75, 3.05) is 31.2 Å². The highest BCUT2D eigenvalue weighted by Crippen LogP contribution is 2.36. The van der Waals surface area contributed by atoms with E-state index in [2.05, 4.69) is 15.9 Å². The van der Waals surface area contributed by atoms with E-state index in [1.54, 1.807) is 41.3 Å². The first kappa shape index (κ1) is 19.0. The quantitative estimate of drug-likeness (QED) is 0.539. The first-order chi connectivity index (χ1) is 14.6. The molecule has 3 aromatic carbocycles. The summed E-state index contributed by atoms with van der Waals surface area (Å²) < 4.78 is 6.13. The largest absolute Gasteiger partial charge is 0.378 e. The van der Waals surface area contributed by atoms with E-state index in [1.807, 2.05) is 18.2 Å². The van der Waals surface area contributed by atoms with Gasteiger partial charge in [0.15, 0.2) is 0 Å². The van der Waals surface area contributed by atoms with E-state index >= 15 is 0 Å². The van der Waals surface area contributed by atoms with Gasteiger partial charge in [0.05, 0.1) is 18.9 Å². The molecule has 0 N–H and O–H groups in total. The summed E-state index contributed by atoms with van der Waals surface area (Å²) in [5.41, 5.74) is 1.92. The van der Waals surface area contributed by atoms with Gasteiger partial charge in [-0.3, -0.25) is 14.4 Å². The molecule has 5 rings (SSSR count). The maximum atomic E-state index is 13.2. The van der Waals surface area contributed by atoms with Crippen molar-refractivity contribution in [3.8, 4) is 0 Å². The summed E-state index contributed by atoms with van der Waals surface area (Å²) in [7, 11) is 0. The van der Waals surface area contributed by atoms with Crippen LogP contribution in [0.15, 0.2) is 59.1 Å². The zero-order valence-electron chi connectivity index (χ0n) is 15.9. The number of rotatable bonds is 2. The lowest BCUT2D eigenvalue weighted by Gasteiger charge is -2.28. The number of benzene rings is 3. The second kappa shape index (κ2) is 7.34. The minimum absolute atomic E-state index is 0.0823. The van der Waals surface area contributed by atoms with Crippen molar-refractivity contribution in [3.05, 3.63) is 75.8 Å². The van der Waals surface area contributed by atoms with Crippen LogP contribution in [0.1, 0.15) is 31.1 Å². The lowest BCUT2D eigenvalue weighted by Crippen LogP contribution is -2.41. The second-order valence-electron chi connectivity index (χ2n) is 7.22. The number of ether oxygens (including phenoxy) is 1. The van der Waals surface area contributed by atoms with E-state index < -0.39 is 0 Å². The van der Waals surface area contributed by atoms with Gasteiger partial charge in [0.1, 0.15) is 0 Å². The number of hydrogen-bond donors (Lipinski definition) is 0. The zero-order chi connectivity index (χ0) is 20.8. The topological polar surface area (TPSA) is 66.9 Å². The molecule has 6 nitrogen and oxygen atoms in total. The molecular formula is C23H17BrN2O4. The molecule has 0 atom stereocenters. The summed E-state index contributed by atoms with van der Waals surface area (Å²) in [4.78, 5) is 42.0. The van der Waals surface area contributed by atoms with Gasteiger partial charge < -0.3 is 9.64 Å². The summed E-state index contributed by atoms with van der Waals surface area (Å²) in [6, 6.07) is 15.6. The number of carbonyl (C=O) groups is 3. The molecule has 1 fully saturated rings. The van der Waals surface area contributed by atoms with E-state index in [1.165, 1.54) is 4.90 Å². The molecule has 2 heterocycles. The lowest BCUT2D eigenvalue weighted by atomic mass is 9.93. The van der Waals surface area contributed by atoms with Crippen LogP contribution in [0.5, 0.6) is 0 Å². The third kappa shape index (κ3) is 2.93. The highest BCUT2D eigenvalue weighted by Gasteiger charge is 2.34. The van der Waals surface area contributed by atoms with E-state index in [4.69, 9.17) is 4.74 Å². The third-order valence-corrected chi connectivity index (χ3v) is 6.22. The Morgan fingerprint density at radius 1 is 0.867 bits per heavy atom. The van der Waals surface area contributed by atoms with Gasteiger partial charge in [-0.2, -0.15) is 0 Å². The number of halogens is 1. The number of imide groups is 1. The van der Waals surface area contributed by atoms with Crippen molar-refractivity contribution < 1.29 is 19.1 Å². The number of anilines is 1. The fourth-order valence-electron chi connectivity index (χ4n) is 4.00. The predicted octanol–water partition coefficient (Wildman–Crippen LogP) is 3.88. The maximum Gasteiger partial charge on any atom is 0.265 e. The molecule has 2 aliphatic rings. The molecule has 0 aromatic heterocycles. The van der Waals surface area contributed by atoms with Crippen molar-refractivity contribution in [2.24, 2.45) is 0 Å². The normalized spacial score (nSPS) is 16.3. The summed E-state index contributed by atoms with van der Waals surface area (Å²) >= 11 is 3.49. The first-order valence-electron chi connectivity index (χ1n) is 9.63. The van der Waals surface area contributed by atoms with Gasteiger partial charge in [-0.05, 0) is 47.9 Å². The van der Waals surface area contributed by atoms with Crippen LogP contribution in [0.25, 0.3) is 10.8 Å². The van der Waals surface area contributed by atoms with E-state index in [-0.39, 0.29) is 17.7 Å². The van der Waals surface area contributed by atoms with Gasteiger partial charge in [-0.25, -0.2) is 4.90 Å².